The Bertz CT molecular complexity index is 873. The monoisotopic (exact) mass is 338 g/mol. The summed E-state index contributed by atoms with van der Waals surface area (Å²) in [4.78, 5) is 18.1. The third-order valence-electron chi connectivity index (χ3n) is 4.49. The maximum atomic E-state index is 12.4. The number of ether oxygens (including phenoxy) is 1. The van der Waals surface area contributed by atoms with Crippen molar-refractivity contribution in [1.29, 1.82) is 0 Å². The second-order valence-electron chi connectivity index (χ2n) is 6.13. The zero-order valence-corrected chi connectivity index (χ0v) is 13.5. The van der Waals surface area contributed by atoms with Crippen molar-refractivity contribution in [2.45, 2.75) is 18.6 Å². The maximum absolute atomic E-state index is 12.4. The SMILES string of the molecule is O=C(c1ccoc1)N1CC[C@@H](Oc2cccc3cnccc23)[C@H](O)C1. The molecule has 0 radical (unpaired) electrons. The number of hydrogen-bond acceptors (Lipinski definition) is 5. The predicted molar refractivity (Wildman–Crippen MR) is 91.4 cm³/mol. The van der Waals surface area contributed by atoms with Gasteiger partial charge in [0.05, 0.1) is 18.4 Å². The van der Waals surface area contributed by atoms with Crippen LogP contribution in [0.2, 0.25) is 0 Å². The number of aromatic nitrogens is 1. The first kappa shape index (κ1) is 15.7. The molecule has 0 bridgehead atoms. The number of carbonyl (C=O) groups excluding carboxylic acids is 1. The molecule has 2 atom stereocenters. The first-order chi connectivity index (χ1) is 12.2. The molecule has 1 fully saturated rings. The number of likely N-dealkylation sites (tertiary alicyclic amines) is 1. The van der Waals surface area contributed by atoms with Crippen LogP contribution < -0.4 is 4.74 Å². The Hall–Kier alpha value is -2.86. The van der Waals surface area contributed by atoms with E-state index in [9.17, 15) is 9.90 Å². The first-order valence-electron chi connectivity index (χ1n) is 8.21. The molecule has 1 aliphatic rings. The number of aliphatic hydroxyl groups excluding tert-OH is 1. The van der Waals surface area contributed by atoms with Crippen LogP contribution in [0.25, 0.3) is 10.8 Å². The number of hydrogen-bond donors (Lipinski definition) is 1. The van der Waals surface area contributed by atoms with E-state index in [0.29, 0.717) is 18.5 Å². The van der Waals surface area contributed by atoms with E-state index >= 15 is 0 Å². The van der Waals surface area contributed by atoms with Gasteiger partial charge in [0.1, 0.15) is 24.2 Å². The molecule has 1 aromatic carbocycles. The summed E-state index contributed by atoms with van der Waals surface area (Å²) in [6.45, 7) is 0.763. The van der Waals surface area contributed by atoms with Crippen molar-refractivity contribution in [1.82, 2.24) is 9.88 Å². The van der Waals surface area contributed by atoms with Crippen LogP contribution in [0.1, 0.15) is 16.8 Å². The number of fused-ring (bicyclic) bond motifs is 1. The highest BCUT2D eigenvalue weighted by Crippen LogP contribution is 2.28. The summed E-state index contributed by atoms with van der Waals surface area (Å²) >= 11 is 0. The first-order valence-corrected chi connectivity index (χ1v) is 8.21. The smallest absolute Gasteiger partial charge is 0.257 e. The van der Waals surface area contributed by atoms with Crippen LogP contribution >= 0.6 is 0 Å². The number of β-amino-alcohol motifs (C(OH)–C–C–N with tert-alkyl or cyclic N) is 1. The van der Waals surface area contributed by atoms with E-state index < -0.39 is 6.10 Å². The molecule has 1 N–H and O–H groups in total. The van der Waals surface area contributed by atoms with Crippen molar-refractivity contribution in [3.05, 3.63) is 60.8 Å². The normalized spacial score (nSPS) is 20.6. The molecule has 0 aliphatic carbocycles. The number of carbonyl (C=O) groups is 1. The lowest BCUT2D eigenvalue weighted by atomic mass is 10.0. The zero-order chi connectivity index (χ0) is 17.2. The molecule has 1 saturated heterocycles. The Labute approximate surface area is 144 Å². The van der Waals surface area contributed by atoms with Crippen LogP contribution in [0, 0.1) is 0 Å². The highest BCUT2D eigenvalue weighted by molar-refractivity contribution is 5.94. The number of piperidine rings is 1. The van der Waals surface area contributed by atoms with E-state index in [4.69, 9.17) is 9.15 Å². The third-order valence-corrected chi connectivity index (χ3v) is 4.49. The number of aliphatic hydroxyl groups is 1. The van der Waals surface area contributed by atoms with Gasteiger partial charge in [0.2, 0.25) is 0 Å². The van der Waals surface area contributed by atoms with Crippen molar-refractivity contribution in [2.24, 2.45) is 0 Å². The Kier molecular flexibility index (Phi) is 4.11. The molecular weight excluding hydrogens is 320 g/mol. The summed E-state index contributed by atoms with van der Waals surface area (Å²) in [7, 11) is 0. The van der Waals surface area contributed by atoms with Gasteiger partial charge in [-0.3, -0.25) is 9.78 Å². The molecule has 6 heteroatoms. The van der Waals surface area contributed by atoms with E-state index in [1.54, 1.807) is 23.4 Å². The summed E-state index contributed by atoms with van der Waals surface area (Å²) in [5.74, 6) is 0.584. The molecule has 3 heterocycles. The fraction of sp³-hybridized carbons (Fsp3) is 0.263. The molecule has 4 rings (SSSR count). The van der Waals surface area contributed by atoms with Gasteiger partial charge >= 0.3 is 0 Å². The molecule has 25 heavy (non-hydrogen) atoms. The summed E-state index contributed by atoms with van der Waals surface area (Å²) in [6, 6.07) is 9.29. The predicted octanol–water partition coefficient (Wildman–Crippen LogP) is 2.48. The van der Waals surface area contributed by atoms with Crippen LogP contribution in [-0.2, 0) is 0 Å². The van der Waals surface area contributed by atoms with Crippen molar-refractivity contribution in [3.8, 4) is 5.75 Å². The summed E-state index contributed by atoms with van der Waals surface area (Å²) in [5.41, 5.74) is 0.494. The van der Waals surface area contributed by atoms with E-state index in [1.807, 2.05) is 24.3 Å². The standard InChI is InChI=1S/C19H18N2O4/c22-16-11-21(19(23)14-6-9-24-12-14)8-5-18(16)25-17-3-1-2-13-10-20-7-4-15(13)17/h1-4,6-7,9-10,12,16,18,22H,5,8,11H2/t16-,18-/m1/s1. The molecule has 0 unspecified atom stereocenters. The Balaban J connectivity index is 1.47. The third kappa shape index (κ3) is 3.08. The molecule has 3 aromatic rings. The molecule has 0 saturated carbocycles. The number of amides is 1. The lowest BCUT2D eigenvalue weighted by Gasteiger charge is -2.36. The van der Waals surface area contributed by atoms with Gasteiger partial charge in [-0.2, -0.15) is 0 Å². The minimum Gasteiger partial charge on any atom is -0.487 e. The van der Waals surface area contributed by atoms with Gasteiger partial charge in [-0.25, -0.2) is 0 Å². The molecule has 128 valence electrons. The average Bonchev–Trinajstić information content (AvgIpc) is 3.18. The molecule has 2 aromatic heterocycles. The highest BCUT2D eigenvalue weighted by atomic mass is 16.5. The Morgan fingerprint density at radius 1 is 1.32 bits per heavy atom. The van der Waals surface area contributed by atoms with Crippen molar-refractivity contribution < 1.29 is 19.1 Å². The fourth-order valence-corrected chi connectivity index (χ4v) is 3.16. The summed E-state index contributed by atoms with van der Waals surface area (Å²) in [6.07, 6.45) is 5.85. The van der Waals surface area contributed by atoms with E-state index in [0.717, 1.165) is 16.5 Å². The molecule has 0 spiro atoms. The number of pyridine rings is 1. The molecule has 6 nitrogen and oxygen atoms in total. The van der Waals surface area contributed by atoms with Gasteiger partial charge in [0, 0.05) is 36.1 Å². The van der Waals surface area contributed by atoms with E-state index in [-0.39, 0.29) is 18.6 Å². The van der Waals surface area contributed by atoms with Crippen molar-refractivity contribution >= 4 is 16.7 Å². The zero-order valence-electron chi connectivity index (χ0n) is 13.5. The van der Waals surface area contributed by atoms with Gasteiger partial charge in [0.25, 0.3) is 5.91 Å². The van der Waals surface area contributed by atoms with Crippen LogP contribution in [0.4, 0.5) is 0 Å². The van der Waals surface area contributed by atoms with Gasteiger partial charge in [-0.15, -0.1) is 0 Å². The van der Waals surface area contributed by atoms with Gasteiger partial charge in [0.15, 0.2) is 0 Å². The Morgan fingerprint density at radius 2 is 2.24 bits per heavy atom. The highest BCUT2D eigenvalue weighted by Gasteiger charge is 2.32. The van der Waals surface area contributed by atoms with Crippen LogP contribution in [-0.4, -0.2) is 46.2 Å². The maximum Gasteiger partial charge on any atom is 0.257 e. The number of nitrogens with zero attached hydrogens (tertiary/aromatic N) is 2. The van der Waals surface area contributed by atoms with Gasteiger partial charge < -0.3 is 19.2 Å². The van der Waals surface area contributed by atoms with Crippen molar-refractivity contribution in [3.63, 3.8) is 0 Å². The van der Waals surface area contributed by atoms with E-state index in [2.05, 4.69) is 4.98 Å². The number of furan rings is 1. The van der Waals surface area contributed by atoms with Crippen LogP contribution in [0.15, 0.2) is 59.7 Å². The largest absolute Gasteiger partial charge is 0.487 e. The minimum absolute atomic E-state index is 0.137. The number of benzene rings is 1. The van der Waals surface area contributed by atoms with Gasteiger partial charge in [-0.05, 0) is 18.2 Å². The quantitative estimate of drug-likeness (QED) is 0.794. The topological polar surface area (TPSA) is 75.8 Å². The summed E-state index contributed by atoms with van der Waals surface area (Å²) in [5, 5.41) is 12.4. The second kappa shape index (κ2) is 6.57. The lowest BCUT2D eigenvalue weighted by Crippen LogP contribution is -2.50. The van der Waals surface area contributed by atoms with E-state index in [1.165, 1.54) is 12.5 Å². The van der Waals surface area contributed by atoms with Crippen LogP contribution in [0.3, 0.4) is 0 Å². The fourth-order valence-electron chi connectivity index (χ4n) is 3.16. The molecular formula is C19H18N2O4. The lowest BCUT2D eigenvalue weighted by molar-refractivity contribution is -0.0193. The van der Waals surface area contributed by atoms with Crippen molar-refractivity contribution in [2.75, 3.05) is 13.1 Å². The molecule has 1 amide bonds. The summed E-state index contributed by atoms with van der Waals surface area (Å²) < 4.78 is 11.0. The second-order valence-corrected chi connectivity index (χ2v) is 6.13. The van der Waals surface area contributed by atoms with Crippen LogP contribution in [0.5, 0.6) is 5.75 Å². The Morgan fingerprint density at radius 3 is 3.04 bits per heavy atom. The number of rotatable bonds is 3. The molecule has 1 aliphatic heterocycles. The average molecular weight is 338 g/mol. The van der Waals surface area contributed by atoms with Gasteiger partial charge in [-0.1, -0.05) is 12.1 Å². The minimum atomic E-state index is -0.748.